The third-order valence-electron chi connectivity index (χ3n) is 3.86. The van der Waals surface area contributed by atoms with Gasteiger partial charge in [0, 0.05) is 18.4 Å². The van der Waals surface area contributed by atoms with Gasteiger partial charge in [0.2, 0.25) is 5.91 Å². The summed E-state index contributed by atoms with van der Waals surface area (Å²) in [6.45, 7) is 3.28. The third-order valence-corrected chi connectivity index (χ3v) is 4.73. The molecular weight excluding hydrogens is 380 g/mol. The number of hydrogen-bond donors (Lipinski definition) is 2. The minimum atomic E-state index is -0.742. The van der Waals surface area contributed by atoms with Crippen LogP contribution in [0.3, 0.4) is 0 Å². The van der Waals surface area contributed by atoms with Crippen LogP contribution in [0.4, 0.5) is 10.8 Å². The summed E-state index contributed by atoms with van der Waals surface area (Å²) in [6.07, 6.45) is 0. The fourth-order valence-electron chi connectivity index (χ4n) is 2.57. The molecule has 1 aromatic heterocycles. The van der Waals surface area contributed by atoms with Crippen molar-refractivity contribution in [3.05, 3.63) is 64.7 Å². The number of ether oxygens (including phenoxy) is 1. The van der Waals surface area contributed by atoms with E-state index in [4.69, 9.17) is 4.74 Å². The molecule has 0 bridgehead atoms. The van der Waals surface area contributed by atoms with Crippen LogP contribution in [0.25, 0.3) is 0 Å². The van der Waals surface area contributed by atoms with E-state index < -0.39 is 5.97 Å². The minimum Gasteiger partial charge on any atom is -0.508 e. The lowest BCUT2D eigenvalue weighted by Gasteiger charge is -2.18. The van der Waals surface area contributed by atoms with Gasteiger partial charge in [-0.25, -0.2) is 9.78 Å². The Balaban J connectivity index is 1.74. The van der Waals surface area contributed by atoms with Crippen molar-refractivity contribution < 1.29 is 24.5 Å². The van der Waals surface area contributed by atoms with Crippen LogP contribution in [0.5, 0.6) is 11.5 Å². The number of esters is 1. The molecule has 3 aromatic rings. The number of phenols is 2. The zero-order chi connectivity index (χ0) is 20.3. The molecule has 0 saturated carbocycles. The van der Waals surface area contributed by atoms with Gasteiger partial charge in [-0.15, -0.1) is 11.3 Å². The molecule has 1 heterocycles. The molecule has 144 valence electrons. The lowest BCUT2D eigenvalue weighted by Crippen LogP contribution is -2.22. The van der Waals surface area contributed by atoms with Gasteiger partial charge in [-0.1, -0.05) is 12.1 Å². The van der Waals surface area contributed by atoms with Crippen molar-refractivity contribution in [2.45, 2.75) is 20.5 Å². The first-order valence-electron chi connectivity index (χ1n) is 8.36. The van der Waals surface area contributed by atoms with Gasteiger partial charge in [-0.2, -0.15) is 0 Å². The van der Waals surface area contributed by atoms with E-state index in [1.165, 1.54) is 35.3 Å². The average Bonchev–Trinajstić information content (AvgIpc) is 3.08. The molecule has 28 heavy (non-hydrogen) atoms. The predicted octanol–water partition coefficient (Wildman–Crippen LogP) is 3.90. The number of thiazole rings is 1. The average molecular weight is 398 g/mol. The second-order valence-corrected chi connectivity index (χ2v) is 6.93. The summed E-state index contributed by atoms with van der Waals surface area (Å²) in [7, 11) is 0. The molecular formula is C20H18N2O5S. The highest BCUT2D eigenvalue weighted by atomic mass is 32.1. The van der Waals surface area contributed by atoms with Gasteiger partial charge in [0.1, 0.15) is 23.7 Å². The maximum Gasteiger partial charge on any atom is 0.342 e. The van der Waals surface area contributed by atoms with Crippen LogP contribution in [0.1, 0.15) is 28.5 Å². The van der Waals surface area contributed by atoms with Gasteiger partial charge in [0.25, 0.3) is 0 Å². The Hall–Kier alpha value is -3.39. The van der Waals surface area contributed by atoms with Crippen LogP contribution in [0.15, 0.2) is 47.8 Å². The van der Waals surface area contributed by atoms with E-state index in [1.54, 1.807) is 5.38 Å². The number of aromatic hydroxyl groups is 2. The largest absolute Gasteiger partial charge is 0.508 e. The van der Waals surface area contributed by atoms with Crippen molar-refractivity contribution in [2.24, 2.45) is 0 Å². The van der Waals surface area contributed by atoms with Gasteiger partial charge in [-0.05, 0) is 36.8 Å². The van der Waals surface area contributed by atoms with E-state index in [9.17, 15) is 19.8 Å². The molecule has 8 heteroatoms. The summed E-state index contributed by atoms with van der Waals surface area (Å²) in [4.78, 5) is 30.1. The number of hydrogen-bond acceptors (Lipinski definition) is 7. The van der Waals surface area contributed by atoms with E-state index in [-0.39, 0.29) is 29.6 Å². The molecule has 2 N–H and O–H groups in total. The predicted molar refractivity (Wildman–Crippen MR) is 105 cm³/mol. The van der Waals surface area contributed by atoms with Crippen LogP contribution < -0.4 is 4.90 Å². The molecule has 3 rings (SSSR count). The number of carbonyl (C=O) groups is 2. The number of amides is 1. The zero-order valence-electron chi connectivity index (χ0n) is 15.2. The topological polar surface area (TPSA) is 100.0 Å². The van der Waals surface area contributed by atoms with Crippen molar-refractivity contribution in [1.82, 2.24) is 4.98 Å². The van der Waals surface area contributed by atoms with Gasteiger partial charge in [0.05, 0.1) is 11.4 Å². The van der Waals surface area contributed by atoms with Crippen molar-refractivity contribution >= 4 is 34.0 Å². The van der Waals surface area contributed by atoms with Crippen molar-refractivity contribution in [1.29, 1.82) is 0 Å². The first kappa shape index (κ1) is 19.4. The van der Waals surface area contributed by atoms with Crippen LogP contribution in [0, 0.1) is 6.92 Å². The van der Waals surface area contributed by atoms with Gasteiger partial charge < -0.3 is 14.9 Å². The molecule has 0 saturated heterocycles. The van der Waals surface area contributed by atoms with Gasteiger partial charge in [0.15, 0.2) is 5.13 Å². The number of benzene rings is 2. The summed E-state index contributed by atoms with van der Waals surface area (Å²) in [6, 6.07) is 11.1. The Labute approximate surface area is 165 Å². The number of aryl methyl sites for hydroxylation is 1. The summed E-state index contributed by atoms with van der Waals surface area (Å²) in [5, 5.41) is 21.2. The Kier molecular flexibility index (Phi) is 5.60. The number of aromatic nitrogens is 1. The molecule has 0 radical (unpaired) electrons. The summed E-state index contributed by atoms with van der Waals surface area (Å²) in [5.74, 6) is -1.45. The highest BCUT2D eigenvalue weighted by Gasteiger charge is 2.19. The quantitative estimate of drug-likeness (QED) is 0.632. The standard InChI is InChI=1S/C20H18N2O5S/c1-12-4-3-5-15(8-12)22(13(2)23)20-21-14(11-28-20)10-27-19(26)17-7-6-16(24)9-18(17)25/h3-9,11,24-25H,10H2,1-2H3. The molecule has 7 nitrogen and oxygen atoms in total. The van der Waals surface area contributed by atoms with Gasteiger partial charge >= 0.3 is 5.97 Å². The number of phenolic OH excluding ortho intramolecular Hbond substituents is 2. The molecule has 0 atom stereocenters. The molecule has 0 aliphatic rings. The lowest BCUT2D eigenvalue weighted by molar-refractivity contribution is -0.115. The first-order valence-corrected chi connectivity index (χ1v) is 9.24. The first-order chi connectivity index (χ1) is 13.3. The third kappa shape index (κ3) is 4.29. The van der Waals surface area contributed by atoms with Crippen LogP contribution in [-0.2, 0) is 16.1 Å². The highest BCUT2D eigenvalue weighted by molar-refractivity contribution is 7.14. The normalized spacial score (nSPS) is 10.5. The summed E-state index contributed by atoms with van der Waals surface area (Å²) in [5.41, 5.74) is 2.14. The number of nitrogens with zero attached hydrogens (tertiary/aromatic N) is 2. The summed E-state index contributed by atoms with van der Waals surface area (Å²) >= 11 is 1.26. The fraction of sp³-hybridized carbons (Fsp3) is 0.150. The van der Waals surface area contributed by atoms with Gasteiger partial charge in [-0.3, -0.25) is 9.69 Å². The Bertz CT molecular complexity index is 1030. The maximum absolute atomic E-state index is 12.1. The van der Waals surface area contributed by atoms with Crippen LogP contribution in [-0.4, -0.2) is 27.1 Å². The Morgan fingerprint density at radius 2 is 1.96 bits per heavy atom. The Morgan fingerprint density at radius 1 is 1.18 bits per heavy atom. The number of anilines is 2. The second-order valence-electron chi connectivity index (χ2n) is 6.09. The van der Waals surface area contributed by atoms with E-state index in [1.807, 2.05) is 31.2 Å². The van der Waals surface area contributed by atoms with Crippen molar-refractivity contribution in [2.75, 3.05) is 4.90 Å². The monoisotopic (exact) mass is 398 g/mol. The lowest BCUT2D eigenvalue weighted by atomic mass is 10.2. The molecule has 0 aliphatic carbocycles. The smallest absolute Gasteiger partial charge is 0.342 e. The molecule has 1 amide bonds. The molecule has 0 spiro atoms. The SMILES string of the molecule is CC(=O)N(c1cccc(C)c1)c1nc(COC(=O)c2ccc(O)cc2O)cs1. The molecule has 0 aliphatic heterocycles. The fourth-order valence-corrected chi connectivity index (χ4v) is 3.44. The summed E-state index contributed by atoms with van der Waals surface area (Å²) < 4.78 is 5.17. The van der Waals surface area contributed by atoms with E-state index >= 15 is 0 Å². The molecule has 0 fully saturated rings. The van der Waals surface area contributed by atoms with Crippen molar-refractivity contribution in [3.63, 3.8) is 0 Å². The number of carbonyl (C=O) groups excluding carboxylic acids is 2. The van der Waals surface area contributed by atoms with E-state index in [2.05, 4.69) is 4.98 Å². The highest BCUT2D eigenvalue weighted by Crippen LogP contribution is 2.30. The van der Waals surface area contributed by atoms with Crippen LogP contribution in [0.2, 0.25) is 0 Å². The maximum atomic E-state index is 12.1. The van der Waals surface area contributed by atoms with Crippen molar-refractivity contribution in [3.8, 4) is 11.5 Å². The molecule has 0 unspecified atom stereocenters. The van der Waals surface area contributed by atoms with E-state index in [0.717, 1.165) is 11.6 Å². The molecule has 2 aromatic carbocycles. The Morgan fingerprint density at radius 3 is 2.64 bits per heavy atom. The van der Waals surface area contributed by atoms with Crippen LogP contribution >= 0.6 is 11.3 Å². The zero-order valence-corrected chi connectivity index (χ0v) is 16.1. The number of rotatable bonds is 5. The second kappa shape index (κ2) is 8.10. The van der Waals surface area contributed by atoms with E-state index in [0.29, 0.717) is 16.5 Å². The minimum absolute atomic E-state index is 0.0571.